The van der Waals surface area contributed by atoms with Gasteiger partial charge in [0.25, 0.3) is 0 Å². The van der Waals surface area contributed by atoms with E-state index in [2.05, 4.69) is 23.8 Å². The van der Waals surface area contributed by atoms with Crippen LogP contribution in [0.2, 0.25) is 5.28 Å². The second kappa shape index (κ2) is 4.17. The lowest BCUT2D eigenvalue weighted by Crippen LogP contribution is -2.38. The summed E-state index contributed by atoms with van der Waals surface area (Å²) < 4.78 is 13.5. The van der Waals surface area contributed by atoms with Crippen LogP contribution in [-0.2, 0) is 0 Å². The lowest BCUT2D eigenvalue weighted by atomic mass is 9.83. The predicted molar refractivity (Wildman–Crippen MR) is 62.2 cm³/mol. The molecule has 0 spiro atoms. The molecule has 0 N–H and O–H groups in total. The number of hydrogen-bond donors (Lipinski definition) is 0. The second-order valence-electron chi connectivity index (χ2n) is 4.96. The highest BCUT2D eigenvalue weighted by molar-refractivity contribution is 6.28. The van der Waals surface area contributed by atoms with Crippen molar-refractivity contribution in [3.8, 4) is 0 Å². The van der Waals surface area contributed by atoms with Gasteiger partial charge in [0.2, 0.25) is 5.28 Å². The minimum atomic E-state index is -0.399. The van der Waals surface area contributed by atoms with Crippen molar-refractivity contribution in [2.75, 3.05) is 18.0 Å². The number of nitrogens with zero attached hydrogens (tertiary/aromatic N) is 3. The summed E-state index contributed by atoms with van der Waals surface area (Å²) in [5, 5.41) is 0.0984. The fourth-order valence-electron chi connectivity index (χ4n) is 1.88. The molecule has 0 radical (unpaired) electrons. The third kappa shape index (κ3) is 2.43. The van der Waals surface area contributed by atoms with Gasteiger partial charge in [-0.15, -0.1) is 0 Å². The molecule has 2 rings (SSSR count). The normalized spacial score (nSPS) is 19.9. The van der Waals surface area contributed by atoms with Crippen LogP contribution in [0.25, 0.3) is 0 Å². The van der Waals surface area contributed by atoms with E-state index in [9.17, 15) is 4.39 Å². The topological polar surface area (TPSA) is 29.0 Å². The van der Waals surface area contributed by atoms with Gasteiger partial charge in [0, 0.05) is 13.1 Å². The van der Waals surface area contributed by atoms with E-state index in [0.29, 0.717) is 11.2 Å². The number of aromatic nitrogens is 2. The molecule has 0 bridgehead atoms. The quantitative estimate of drug-likeness (QED) is 0.711. The Morgan fingerprint density at radius 3 is 2.62 bits per heavy atom. The SMILES string of the molecule is CC1(C)CCN(c2nc(Cl)ncc2F)CC1. The molecule has 2 heterocycles. The third-order valence-electron chi connectivity index (χ3n) is 3.11. The van der Waals surface area contributed by atoms with Crippen LogP contribution < -0.4 is 4.90 Å². The Balaban J connectivity index is 2.17. The first kappa shape index (κ1) is 11.6. The first-order valence-corrected chi connectivity index (χ1v) is 5.79. The molecule has 0 aromatic carbocycles. The molecule has 0 amide bonds. The van der Waals surface area contributed by atoms with Crippen molar-refractivity contribution < 1.29 is 4.39 Å². The van der Waals surface area contributed by atoms with Crippen molar-refractivity contribution in [3.63, 3.8) is 0 Å². The van der Waals surface area contributed by atoms with Crippen molar-refractivity contribution in [3.05, 3.63) is 17.3 Å². The summed E-state index contributed by atoms with van der Waals surface area (Å²) in [4.78, 5) is 9.50. The van der Waals surface area contributed by atoms with Crippen LogP contribution in [0.15, 0.2) is 6.20 Å². The lowest BCUT2D eigenvalue weighted by molar-refractivity contribution is 0.278. The predicted octanol–water partition coefficient (Wildman–Crippen LogP) is 2.90. The zero-order valence-electron chi connectivity index (χ0n) is 9.50. The highest BCUT2D eigenvalue weighted by Gasteiger charge is 2.27. The molecule has 1 fully saturated rings. The van der Waals surface area contributed by atoms with Gasteiger partial charge in [0.1, 0.15) is 0 Å². The molecule has 0 unspecified atom stereocenters. The molecule has 1 aromatic heterocycles. The number of anilines is 1. The Morgan fingerprint density at radius 2 is 2.00 bits per heavy atom. The number of piperidine rings is 1. The van der Waals surface area contributed by atoms with Crippen LogP contribution in [0.3, 0.4) is 0 Å². The molecule has 1 aliphatic heterocycles. The third-order valence-corrected chi connectivity index (χ3v) is 3.29. The smallest absolute Gasteiger partial charge is 0.224 e. The Morgan fingerprint density at radius 1 is 1.38 bits per heavy atom. The van der Waals surface area contributed by atoms with Crippen molar-refractivity contribution >= 4 is 17.4 Å². The summed E-state index contributed by atoms with van der Waals surface area (Å²) in [6.07, 6.45) is 3.20. The fraction of sp³-hybridized carbons (Fsp3) is 0.636. The first-order valence-electron chi connectivity index (χ1n) is 5.41. The van der Waals surface area contributed by atoms with E-state index in [1.807, 2.05) is 4.90 Å². The summed E-state index contributed by atoms with van der Waals surface area (Å²) in [6, 6.07) is 0. The van der Waals surface area contributed by atoms with Gasteiger partial charge in [-0.05, 0) is 29.9 Å². The summed E-state index contributed by atoms with van der Waals surface area (Å²) in [5.41, 5.74) is 0.337. The van der Waals surface area contributed by atoms with Gasteiger partial charge in [-0.3, -0.25) is 0 Å². The summed E-state index contributed by atoms with van der Waals surface area (Å²) in [6.45, 7) is 6.09. The zero-order valence-corrected chi connectivity index (χ0v) is 10.3. The van der Waals surface area contributed by atoms with Crippen LogP contribution in [0.4, 0.5) is 10.2 Å². The Bertz CT molecular complexity index is 385. The summed E-state index contributed by atoms with van der Waals surface area (Å²) in [5.74, 6) is -0.0698. The van der Waals surface area contributed by atoms with Crippen LogP contribution in [0, 0.1) is 11.2 Å². The molecule has 0 aliphatic carbocycles. The van der Waals surface area contributed by atoms with E-state index in [1.165, 1.54) is 0 Å². The van der Waals surface area contributed by atoms with Crippen LogP contribution in [0.1, 0.15) is 26.7 Å². The van der Waals surface area contributed by atoms with Gasteiger partial charge in [-0.2, -0.15) is 4.98 Å². The average Bonchev–Trinajstić information content (AvgIpc) is 2.22. The van der Waals surface area contributed by atoms with Crippen molar-refractivity contribution in [1.82, 2.24) is 9.97 Å². The van der Waals surface area contributed by atoms with Crippen molar-refractivity contribution in [2.45, 2.75) is 26.7 Å². The minimum absolute atomic E-state index is 0.0984. The molecular formula is C11H15ClFN3. The maximum absolute atomic E-state index is 13.5. The van der Waals surface area contributed by atoms with E-state index in [0.717, 1.165) is 32.1 Å². The van der Waals surface area contributed by atoms with Gasteiger partial charge in [0.05, 0.1) is 6.20 Å². The summed E-state index contributed by atoms with van der Waals surface area (Å²) >= 11 is 5.68. The van der Waals surface area contributed by atoms with Gasteiger partial charge < -0.3 is 4.90 Å². The minimum Gasteiger partial charge on any atom is -0.354 e. The van der Waals surface area contributed by atoms with Gasteiger partial charge >= 0.3 is 0 Å². The Hall–Kier alpha value is -0.900. The van der Waals surface area contributed by atoms with E-state index < -0.39 is 5.82 Å². The van der Waals surface area contributed by atoms with E-state index in [4.69, 9.17) is 11.6 Å². The van der Waals surface area contributed by atoms with E-state index >= 15 is 0 Å². The molecule has 88 valence electrons. The molecule has 1 aliphatic rings. The molecule has 0 atom stereocenters. The number of hydrogen-bond acceptors (Lipinski definition) is 3. The van der Waals surface area contributed by atoms with Gasteiger partial charge in [-0.1, -0.05) is 13.8 Å². The number of halogens is 2. The molecule has 0 saturated carbocycles. The van der Waals surface area contributed by atoms with Crippen molar-refractivity contribution in [1.29, 1.82) is 0 Å². The molecule has 3 nitrogen and oxygen atoms in total. The zero-order chi connectivity index (χ0) is 11.8. The standard InChI is InChI=1S/C11H15ClFN3/c1-11(2)3-5-16(6-4-11)9-8(13)7-14-10(12)15-9/h7H,3-6H2,1-2H3. The average molecular weight is 244 g/mol. The van der Waals surface area contributed by atoms with Gasteiger partial charge in [0.15, 0.2) is 11.6 Å². The van der Waals surface area contributed by atoms with Crippen molar-refractivity contribution in [2.24, 2.45) is 5.41 Å². The van der Waals surface area contributed by atoms with Crippen LogP contribution in [0.5, 0.6) is 0 Å². The van der Waals surface area contributed by atoms with E-state index in [-0.39, 0.29) is 5.28 Å². The Kier molecular flexibility index (Phi) is 3.02. The molecule has 5 heteroatoms. The maximum atomic E-state index is 13.5. The maximum Gasteiger partial charge on any atom is 0.224 e. The molecular weight excluding hydrogens is 229 g/mol. The fourth-order valence-corrected chi connectivity index (χ4v) is 2.01. The second-order valence-corrected chi connectivity index (χ2v) is 5.30. The lowest BCUT2D eigenvalue weighted by Gasteiger charge is -2.37. The highest BCUT2D eigenvalue weighted by atomic mass is 35.5. The number of rotatable bonds is 1. The largest absolute Gasteiger partial charge is 0.354 e. The molecule has 16 heavy (non-hydrogen) atoms. The van der Waals surface area contributed by atoms with Crippen LogP contribution in [-0.4, -0.2) is 23.1 Å². The first-order chi connectivity index (χ1) is 7.48. The highest BCUT2D eigenvalue weighted by Crippen LogP contribution is 2.32. The van der Waals surface area contributed by atoms with E-state index in [1.54, 1.807) is 0 Å². The molecule has 1 aromatic rings. The molecule has 1 saturated heterocycles. The van der Waals surface area contributed by atoms with Crippen LogP contribution >= 0.6 is 11.6 Å². The summed E-state index contributed by atoms with van der Waals surface area (Å²) in [7, 11) is 0. The van der Waals surface area contributed by atoms with Gasteiger partial charge in [-0.25, -0.2) is 9.37 Å². The monoisotopic (exact) mass is 243 g/mol. The Labute approximate surface area is 99.6 Å².